The first-order chi connectivity index (χ1) is 11.9. The predicted octanol–water partition coefficient (Wildman–Crippen LogP) is 4.44. The van der Waals surface area contributed by atoms with E-state index in [0.717, 1.165) is 28.9 Å². The molecule has 2 atom stereocenters. The maximum Gasteiger partial charge on any atom is 0.261 e. The Morgan fingerprint density at radius 2 is 1.80 bits per heavy atom. The molecule has 0 radical (unpaired) electrons. The fourth-order valence-electron chi connectivity index (χ4n) is 3.35. The summed E-state index contributed by atoms with van der Waals surface area (Å²) in [7, 11) is 0. The average Bonchev–Trinajstić information content (AvgIpc) is 3.05. The first-order valence-electron chi connectivity index (χ1n) is 9.10. The monoisotopic (exact) mass is 337 g/mol. The van der Waals surface area contributed by atoms with Crippen molar-refractivity contribution in [2.24, 2.45) is 0 Å². The number of hydrogen-bond acceptors (Lipinski definition) is 2. The van der Waals surface area contributed by atoms with E-state index >= 15 is 0 Å². The predicted molar refractivity (Wildman–Crippen MR) is 101 cm³/mol. The zero-order valence-corrected chi connectivity index (χ0v) is 15.6. The standard InChI is InChI=1S/C22H27NO2/c1-14-8-9-15(2)21(12-14)25-17(4)22(24)23-16(3)19-11-10-18-6-5-7-20(18)13-19/h8-13,16-17H,5-7H2,1-4H3,(H,23,24)/t16-,17+/m1/s1. The van der Waals surface area contributed by atoms with Gasteiger partial charge < -0.3 is 10.1 Å². The van der Waals surface area contributed by atoms with Gasteiger partial charge in [0.25, 0.3) is 5.91 Å². The van der Waals surface area contributed by atoms with Gasteiger partial charge in [0.1, 0.15) is 5.75 Å². The van der Waals surface area contributed by atoms with Crippen LogP contribution >= 0.6 is 0 Å². The highest BCUT2D eigenvalue weighted by Gasteiger charge is 2.20. The van der Waals surface area contributed by atoms with Crippen LogP contribution in [0.3, 0.4) is 0 Å². The van der Waals surface area contributed by atoms with Crippen LogP contribution < -0.4 is 10.1 Å². The molecule has 0 saturated heterocycles. The van der Waals surface area contributed by atoms with Gasteiger partial charge >= 0.3 is 0 Å². The topological polar surface area (TPSA) is 38.3 Å². The molecular weight excluding hydrogens is 310 g/mol. The van der Waals surface area contributed by atoms with Crippen LogP contribution in [0.15, 0.2) is 36.4 Å². The lowest BCUT2D eigenvalue weighted by molar-refractivity contribution is -0.127. The molecule has 2 aromatic carbocycles. The first kappa shape index (κ1) is 17.5. The Morgan fingerprint density at radius 1 is 1.04 bits per heavy atom. The Kier molecular flexibility index (Phi) is 5.12. The van der Waals surface area contributed by atoms with E-state index in [4.69, 9.17) is 4.74 Å². The molecule has 2 aromatic rings. The first-order valence-corrected chi connectivity index (χ1v) is 9.10. The summed E-state index contributed by atoms with van der Waals surface area (Å²) in [4.78, 5) is 12.5. The largest absolute Gasteiger partial charge is 0.481 e. The lowest BCUT2D eigenvalue weighted by atomic mass is 10.0. The molecule has 3 nitrogen and oxygen atoms in total. The summed E-state index contributed by atoms with van der Waals surface area (Å²) in [5.41, 5.74) is 6.21. The molecule has 0 heterocycles. The van der Waals surface area contributed by atoms with E-state index in [-0.39, 0.29) is 11.9 Å². The van der Waals surface area contributed by atoms with Crippen LogP contribution in [0.5, 0.6) is 5.75 Å². The van der Waals surface area contributed by atoms with Crippen molar-refractivity contribution in [2.45, 2.75) is 59.1 Å². The van der Waals surface area contributed by atoms with E-state index < -0.39 is 6.10 Å². The van der Waals surface area contributed by atoms with Crippen LogP contribution in [-0.4, -0.2) is 12.0 Å². The molecule has 3 rings (SSSR count). The van der Waals surface area contributed by atoms with Crippen molar-refractivity contribution in [1.82, 2.24) is 5.32 Å². The van der Waals surface area contributed by atoms with E-state index in [2.05, 4.69) is 23.5 Å². The third kappa shape index (κ3) is 4.04. The number of carbonyl (C=O) groups excluding carboxylic acids is 1. The fraction of sp³-hybridized carbons (Fsp3) is 0.409. The Morgan fingerprint density at radius 3 is 2.60 bits per heavy atom. The normalized spacial score (nSPS) is 15.4. The van der Waals surface area contributed by atoms with Gasteiger partial charge in [-0.15, -0.1) is 0 Å². The van der Waals surface area contributed by atoms with E-state index in [1.165, 1.54) is 24.0 Å². The number of carbonyl (C=O) groups is 1. The summed E-state index contributed by atoms with van der Waals surface area (Å²) >= 11 is 0. The Bertz CT molecular complexity index is 782. The van der Waals surface area contributed by atoms with Gasteiger partial charge in [-0.05, 0) is 80.8 Å². The number of hydrogen-bond donors (Lipinski definition) is 1. The molecule has 1 aliphatic carbocycles. The third-order valence-electron chi connectivity index (χ3n) is 5.00. The Balaban J connectivity index is 1.63. The van der Waals surface area contributed by atoms with Gasteiger partial charge in [-0.25, -0.2) is 0 Å². The molecular formula is C22H27NO2. The highest BCUT2D eigenvalue weighted by Crippen LogP contribution is 2.25. The number of rotatable bonds is 5. The number of amides is 1. The quantitative estimate of drug-likeness (QED) is 0.876. The third-order valence-corrected chi connectivity index (χ3v) is 5.00. The van der Waals surface area contributed by atoms with Gasteiger partial charge in [-0.1, -0.05) is 30.3 Å². The molecule has 0 unspecified atom stereocenters. The van der Waals surface area contributed by atoms with E-state index in [9.17, 15) is 4.79 Å². The van der Waals surface area contributed by atoms with Gasteiger partial charge in [0.2, 0.25) is 0 Å². The average molecular weight is 337 g/mol. The highest BCUT2D eigenvalue weighted by atomic mass is 16.5. The van der Waals surface area contributed by atoms with Crippen LogP contribution in [0, 0.1) is 13.8 Å². The smallest absolute Gasteiger partial charge is 0.261 e. The fourth-order valence-corrected chi connectivity index (χ4v) is 3.35. The maximum atomic E-state index is 12.5. The summed E-state index contributed by atoms with van der Waals surface area (Å²) in [5, 5.41) is 3.08. The SMILES string of the molecule is Cc1ccc(C)c(O[C@@H](C)C(=O)N[C@H](C)c2ccc3c(c2)CCC3)c1. The van der Waals surface area contributed by atoms with Crippen molar-refractivity contribution in [3.05, 3.63) is 64.2 Å². The zero-order valence-electron chi connectivity index (χ0n) is 15.6. The summed E-state index contributed by atoms with van der Waals surface area (Å²) in [5.74, 6) is 0.682. The van der Waals surface area contributed by atoms with Gasteiger partial charge in [0.15, 0.2) is 6.10 Å². The minimum atomic E-state index is -0.530. The summed E-state index contributed by atoms with van der Waals surface area (Å²) < 4.78 is 5.89. The van der Waals surface area contributed by atoms with Gasteiger partial charge in [-0.2, -0.15) is 0 Å². The Hall–Kier alpha value is -2.29. The summed E-state index contributed by atoms with van der Waals surface area (Å²) in [6, 6.07) is 12.6. The van der Waals surface area contributed by atoms with Gasteiger partial charge in [0.05, 0.1) is 6.04 Å². The molecule has 0 spiro atoms. The second-order valence-electron chi connectivity index (χ2n) is 7.14. The number of benzene rings is 2. The molecule has 0 aromatic heterocycles. The van der Waals surface area contributed by atoms with Crippen molar-refractivity contribution in [1.29, 1.82) is 0 Å². The van der Waals surface area contributed by atoms with Crippen molar-refractivity contribution >= 4 is 5.91 Å². The lowest BCUT2D eigenvalue weighted by Crippen LogP contribution is -2.37. The van der Waals surface area contributed by atoms with Crippen LogP contribution in [-0.2, 0) is 17.6 Å². The minimum Gasteiger partial charge on any atom is -0.481 e. The van der Waals surface area contributed by atoms with Crippen molar-refractivity contribution < 1.29 is 9.53 Å². The number of fused-ring (bicyclic) bond motifs is 1. The Labute approximate surface area is 150 Å². The number of nitrogens with one attached hydrogen (secondary N) is 1. The van der Waals surface area contributed by atoms with E-state index in [1.54, 1.807) is 6.92 Å². The molecule has 0 aliphatic heterocycles. The van der Waals surface area contributed by atoms with E-state index in [0.29, 0.717) is 0 Å². The molecule has 0 bridgehead atoms. The van der Waals surface area contributed by atoms with Gasteiger partial charge in [0, 0.05) is 0 Å². The van der Waals surface area contributed by atoms with Crippen LogP contribution in [0.4, 0.5) is 0 Å². The molecule has 0 fully saturated rings. The lowest BCUT2D eigenvalue weighted by Gasteiger charge is -2.20. The molecule has 1 aliphatic rings. The zero-order chi connectivity index (χ0) is 18.0. The van der Waals surface area contributed by atoms with Crippen LogP contribution in [0.1, 0.15) is 54.1 Å². The molecule has 1 amide bonds. The summed E-state index contributed by atoms with van der Waals surface area (Å²) in [6.07, 6.45) is 3.03. The molecule has 25 heavy (non-hydrogen) atoms. The molecule has 3 heteroatoms. The van der Waals surface area contributed by atoms with E-state index in [1.807, 2.05) is 39.0 Å². The second-order valence-corrected chi connectivity index (χ2v) is 7.14. The highest BCUT2D eigenvalue weighted by molar-refractivity contribution is 5.81. The van der Waals surface area contributed by atoms with Gasteiger partial charge in [-0.3, -0.25) is 4.79 Å². The minimum absolute atomic E-state index is 0.0249. The van der Waals surface area contributed by atoms with Crippen molar-refractivity contribution in [3.8, 4) is 5.75 Å². The molecule has 132 valence electrons. The van der Waals surface area contributed by atoms with Crippen molar-refractivity contribution in [2.75, 3.05) is 0 Å². The number of ether oxygens (including phenoxy) is 1. The molecule has 0 saturated carbocycles. The summed E-state index contributed by atoms with van der Waals surface area (Å²) in [6.45, 7) is 7.84. The van der Waals surface area contributed by atoms with Crippen LogP contribution in [0.2, 0.25) is 0 Å². The van der Waals surface area contributed by atoms with Crippen LogP contribution in [0.25, 0.3) is 0 Å². The maximum absolute atomic E-state index is 12.5. The van der Waals surface area contributed by atoms with Crippen molar-refractivity contribution in [3.63, 3.8) is 0 Å². The second kappa shape index (κ2) is 7.30. The molecule has 1 N–H and O–H groups in total. The number of aryl methyl sites for hydroxylation is 4.